The number of amides is 1. The molecule has 1 amide bonds. The molecular weight excluding hydrogens is 350 g/mol. The topological polar surface area (TPSA) is 92.5 Å². The van der Waals surface area contributed by atoms with Crippen LogP contribution in [0, 0.1) is 5.92 Å². The molecule has 0 aliphatic carbocycles. The van der Waals surface area contributed by atoms with Crippen LogP contribution < -0.4 is 11.1 Å². The lowest BCUT2D eigenvalue weighted by Gasteiger charge is -2.21. The van der Waals surface area contributed by atoms with E-state index < -0.39 is 10.0 Å². The van der Waals surface area contributed by atoms with E-state index in [0.717, 1.165) is 5.56 Å². The van der Waals surface area contributed by atoms with Gasteiger partial charge in [0.05, 0.1) is 4.90 Å². The van der Waals surface area contributed by atoms with Crippen molar-refractivity contribution in [2.75, 3.05) is 7.05 Å². The highest BCUT2D eigenvalue weighted by Crippen LogP contribution is 2.17. The number of carbonyl (C=O) groups excluding carboxylic acids is 1. The third-order valence-electron chi connectivity index (χ3n) is 4.00. The molecule has 0 aliphatic rings. The molecular formula is C16H28ClN3O3S. The summed E-state index contributed by atoms with van der Waals surface area (Å²) in [4.78, 5) is 12.1. The van der Waals surface area contributed by atoms with Crippen molar-refractivity contribution in [2.24, 2.45) is 11.7 Å². The molecule has 8 heteroatoms. The standard InChI is InChI=1S/C16H27N3O3S.ClH/c1-11(2)19(5)23(21,22)15-8-6-14(7-9-15)10-18-16(20)12(3)13(4)17;/h6-9,11-13H,10,17H2,1-5H3,(H,18,20);1H. The average molecular weight is 378 g/mol. The summed E-state index contributed by atoms with van der Waals surface area (Å²) in [5.74, 6) is -0.384. The van der Waals surface area contributed by atoms with Gasteiger partial charge in [0.2, 0.25) is 15.9 Å². The summed E-state index contributed by atoms with van der Waals surface area (Å²) >= 11 is 0. The minimum atomic E-state index is -3.48. The van der Waals surface area contributed by atoms with Gasteiger partial charge < -0.3 is 11.1 Å². The van der Waals surface area contributed by atoms with Crippen molar-refractivity contribution in [3.05, 3.63) is 29.8 Å². The van der Waals surface area contributed by atoms with E-state index in [1.807, 2.05) is 13.8 Å². The van der Waals surface area contributed by atoms with Crippen LogP contribution >= 0.6 is 12.4 Å². The third-order valence-corrected chi connectivity index (χ3v) is 6.04. The minimum absolute atomic E-state index is 0. The zero-order chi connectivity index (χ0) is 17.8. The first-order chi connectivity index (χ1) is 10.6. The number of rotatable bonds is 7. The fourth-order valence-corrected chi connectivity index (χ4v) is 3.18. The lowest BCUT2D eigenvalue weighted by Crippen LogP contribution is -2.38. The normalized spacial score (nSPS) is 14.2. The van der Waals surface area contributed by atoms with Crippen molar-refractivity contribution in [1.82, 2.24) is 9.62 Å². The lowest BCUT2D eigenvalue weighted by molar-refractivity contribution is -0.125. The molecule has 24 heavy (non-hydrogen) atoms. The summed E-state index contributed by atoms with van der Waals surface area (Å²) in [6, 6.07) is 6.21. The number of nitrogens with zero attached hydrogens (tertiary/aromatic N) is 1. The maximum atomic E-state index is 12.4. The van der Waals surface area contributed by atoms with Crippen LogP contribution in [0.2, 0.25) is 0 Å². The average Bonchev–Trinajstić information content (AvgIpc) is 2.51. The minimum Gasteiger partial charge on any atom is -0.352 e. The number of benzene rings is 1. The summed E-state index contributed by atoms with van der Waals surface area (Å²) in [5.41, 5.74) is 6.53. The maximum absolute atomic E-state index is 12.4. The van der Waals surface area contributed by atoms with Gasteiger partial charge in [0.15, 0.2) is 0 Å². The number of halogens is 1. The van der Waals surface area contributed by atoms with Crippen LogP contribution in [0.25, 0.3) is 0 Å². The Hall–Kier alpha value is -1.15. The van der Waals surface area contributed by atoms with Crippen molar-refractivity contribution in [1.29, 1.82) is 0 Å². The monoisotopic (exact) mass is 377 g/mol. The van der Waals surface area contributed by atoms with E-state index in [2.05, 4.69) is 5.32 Å². The van der Waals surface area contributed by atoms with Gasteiger partial charge in [0.1, 0.15) is 0 Å². The molecule has 2 unspecified atom stereocenters. The molecule has 1 aromatic carbocycles. The zero-order valence-corrected chi connectivity index (χ0v) is 16.4. The molecule has 0 saturated heterocycles. The Bertz CT molecular complexity index is 630. The van der Waals surface area contributed by atoms with E-state index in [1.165, 1.54) is 4.31 Å². The van der Waals surface area contributed by atoms with Crippen LogP contribution in [0.3, 0.4) is 0 Å². The first-order valence-corrected chi connectivity index (χ1v) is 9.11. The number of sulfonamides is 1. The molecule has 0 saturated carbocycles. The summed E-state index contributed by atoms with van der Waals surface area (Å²) in [5, 5.41) is 2.80. The van der Waals surface area contributed by atoms with Crippen molar-refractivity contribution in [3.63, 3.8) is 0 Å². The Labute approximate surface area is 151 Å². The van der Waals surface area contributed by atoms with Gasteiger partial charge in [-0.25, -0.2) is 8.42 Å². The van der Waals surface area contributed by atoms with Crippen LogP contribution in [0.15, 0.2) is 29.2 Å². The molecule has 0 aromatic heterocycles. The predicted molar refractivity (Wildman–Crippen MR) is 98.4 cm³/mol. The molecule has 3 N–H and O–H groups in total. The molecule has 1 aromatic rings. The fraction of sp³-hybridized carbons (Fsp3) is 0.562. The van der Waals surface area contributed by atoms with Gasteiger partial charge in [0, 0.05) is 31.6 Å². The number of hydrogen-bond acceptors (Lipinski definition) is 4. The van der Waals surface area contributed by atoms with Gasteiger partial charge in [-0.05, 0) is 38.5 Å². The second-order valence-corrected chi connectivity index (χ2v) is 8.12. The summed E-state index contributed by atoms with van der Waals surface area (Å²) in [6.45, 7) is 7.55. The van der Waals surface area contributed by atoms with Crippen LogP contribution in [-0.2, 0) is 21.4 Å². The van der Waals surface area contributed by atoms with Crippen LogP contribution in [0.4, 0.5) is 0 Å². The van der Waals surface area contributed by atoms with Gasteiger partial charge in [-0.1, -0.05) is 19.1 Å². The molecule has 0 spiro atoms. The van der Waals surface area contributed by atoms with Crippen molar-refractivity contribution in [2.45, 2.75) is 51.2 Å². The Morgan fingerprint density at radius 3 is 2.08 bits per heavy atom. The first-order valence-electron chi connectivity index (χ1n) is 7.67. The highest BCUT2D eigenvalue weighted by Gasteiger charge is 2.23. The zero-order valence-electron chi connectivity index (χ0n) is 14.8. The summed E-state index contributed by atoms with van der Waals surface area (Å²) in [7, 11) is -1.92. The smallest absolute Gasteiger partial charge is 0.243 e. The number of hydrogen-bond donors (Lipinski definition) is 2. The van der Waals surface area contributed by atoms with Crippen molar-refractivity contribution >= 4 is 28.3 Å². The maximum Gasteiger partial charge on any atom is 0.243 e. The molecule has 0 aliphatic heterocycles. The van der Waals surface area contributed by atoms with Crippen molar-refractivity contribution < 1.29 is 13.2 Å². The number of carbonyl (C=O) groups is 1. The SMILES string of the molecule is CC(N)C(C)C(=O)NCc1ccc(S(=O)(=O)N(C)C(C)C)cc1.Cl. The van der Waals surface area contributed by atoms with Crippen molar-refractivity contribution in [3.8, 4) is 0 Å². The number of nitrogens with one attached hydrogen (secondary N) is 1. The van der Waals surface area contributed by atoms with E-state index in [0.29, 0.717) is 6.54 Å². The predicted octanol–water partition coefficient (Wildman–Crippen LogP) is 1.74. The quantitative estimate of drug-likeness (QED) is 0.756. The summed E-state index contributed by atoms with van der Waals surface area (Å²) < 4.78 is 26.0. The highest BCUT2D eigenvalue weighted by atomic mass is 35.5. The second-order valence-electron chi connectivity index (χ2n) is 6.12. The third kappa shape index (κ3) is 5.73. The number of nitrogens with two attached hydrogens (primary N) is 1. The van der Waals surface area contributed by atoms with Gasteiger partial charge in [-0.2, -0.15) is 4.31 Å². The molecule has 0 fully saturated rings. The Morgan fingerprint density at radius 2 is 1.67 bits per heavy atom. The lowest BCUT2D eigenvalue weighted by atomic mass is 10.0. The van der Waals surface area contributed by atoms with Gasteiger partial charge in [-0.15, -0.1) is 12.4 Å². The van der Waals surface area contributed by atoms with E-state index in [9.17, 15) is 13.2 Å². The van der Waals surface area contributed by atoms with E-state index in [-0.39, 0.29) is 41.2 Å². The van der Waals surface area contributed by atoms with Crippen LogP contribution in [-0.4, -0.2) is 37.8 Å². The molecule has 0 bridgehead atoms. The fourth-order valence-electron chi connectivity index (χ4n) is 1.81. The van der Waals surface area contributed by atoms with Crippen LogP contribution in [0.5, 0.6) is 0 Å². The van der Waals surface area contributed by atoms with Crippen LogP contribution in [0.1, 0.15) is 33.3 Å². The van der Waals surface area contributed by atoms with Gasteiger partial charge >= 0.3 is 0 Å². The van der Waals surface area contributed by atoms with Gasteiger partial charge in [-0.3, -0.25) is 4.79 Å². The summed E-state index contributed by atoms with van der Waals surface area (Å²) in [6.07, 6.45) is 0. The van der Waals surface area contributed by atoms with E-state index in [1.54, 1.807) is 45.2 Å². The van der Waals surface area contributed by atoms with E-state index >= 15 is 0 Å². The Kier molecular flexibility index (Phi) is 8.91. The molecule has 138 valence electrons. The molecule has 2 atom stereocenters. The highest BCUT2D eigenvalue weighted by molar-refractivity contribution is 7.89. The first kappa shape index (κ1) is 22.9. The molecule has 0 radical (unpaired) electrons. The van der Waals surface area contributed by atoms with Gasteiger partial charge in [0.25, 0.3) is 0 Å². The molecule has 1 rings (SSSR count). The second kappa shape index (κ2) is 9.36. The van der Waals surface area contributed by atoms with E-state index in [4.69, 9.17) is 5.73 Å². The molecule has 0 heterocycles. The largest absolute Gasteiger partial charge is 0.352 e. The Morgan fingerprint density at radius 1 is 1.17 bits per heavy atom. The molecule has 6 nitrogen and oxygen atoms in total. The Balaban J connectivity index is 0.00000529.